The summed E-state index contributed by atoms with van der Waals surface area (Å²) in [5.41, 5.74) is 1.33. The minimum atomic E-state index is 0.00167. The maximum absolute atomic E-state index is 9.98. The Labute approximate surface area is 103 Å². The lowest BCUT2D eigenvalue weighted by Crippen LogP contribution is -2.47. The first-order valence-electron chi connectivity index (χ1n) is 6.77. The van der Waals surface area contributed by atoms with Gasteiger partial charge in [0.05, 0.1) is 6.61 Å². The SMILES string of the molecule is OC[C@@]1(c2ccccc2)CCN2CCCC[C@@H]21. The van der Waals surface area contributed by atoms with Gasteiger partial charge in [-0.2, -0.15) is 0 Å². The topological polar surface area (TPSA) is 23.5 Å². The average Bonchev–Trinajstić information content (AvgIpc) is 2.80. The molecule has 1 N–H and O–H groups in total. The fourth-order valence-electron chi connectivity index (χ4n) is 3.78. The summed E-state index contributed by atoms with van der Waals surface area (Å²) in [4.78, 5) is 2.59. The van der Waals surface area contributed by atoms with Crippen molar-refractivity contribution in [3.63, 3.8) is 0 Å². The number of aliphatic hydroxyl groups is 1. The summed E-state index contributed by atoms with van der Waals surface area (Å²) in [6.07, 6.45) is 5.00. The minimum Gasteiger partial charge on any atom is -0.395 e. The third-order valence-electron chi connectivity index (χ3n) is 4.73. The van der Waals surface area contributed by atoms with Gasteiger partial charge in [0.15, 0.2) is 0 Å². The standard InChI is InChI=1S/C15H21NO/c17-12-15(13-6-2-1-3-7-13)9-11-16-10-5-4-8-14(15)16/h1-3,6-7,14,17H,4-5,8-12H2/t14-,15-/m1/s1. The maximum atomic E-state index is 9.98. The summed E-state index contributed by atoms with van der Waals surface area (Å²) in [7, 11) is 0. The van der Waals surface area contributed by atoms with Crippen molar-refractivity contribution < 1.29 is 5.11 Å². The van der Waals surface area contributed by atoms with Crippen molar-refractivity contribution in [2.75, 3.05) is 19.7 Å². The molecule has 3 rings (SSSR count). The Morgan fingerprint density at radius 2 is 2.00 bits per heavy atom. The number of hydrogen-bond acceptors (Lipinski definition) is 2. The van der Waals surface area contributed by atoms with E-state index in [2.05, 4.69) is 35.2 Å². The minimum absolute atomic E-state index is 0.00167. The number of piperidine rings is 1. The molecule has 0 bridgehead atoms. The third kappa shape index (κ3) is 1.71. The Bertz CT molecular complexity index is 378. The molecule has 0 saturated carbocycles. The highest BCUT2D eigenvalue weighted by molar-refractivity contribution is 5.30. The van der Waals surface area contributed by atoms with Crippen LogP contribution in [0.5, 0.6) is 0 Å². The van der Waals surface area contributed by atoms with Crippen molar-refractivity contribution >= 4 is 0 Å². The van der Waals surface area contributed by atoms with E-state index >= 15 is 0 Å². The van der Waals surface area contributed by atoms with Crippen LogP contribution in [0.1, 0.15) is 31.2 Å². The van der Waals surface area contributed by atoms with E-state index in [0.29, 0.717) is 6.04 Å². The van der Waals surface area contributed by atoms with Gasteiger partial charge in [0, 0.05) is 11.5 Å². The van der Waals surface area contributed by atoms with Crippen LogP contribution in [0, 0.1) is 0 Å². The second-order valence-corrected chi connectivity index (χ2v) is 5.48. The van der Waals surface area contributed by atoms with Crippen LogP contribution in [0.4, 0.5) is 0 Å². The van der Waals surface area contributed by atoms with E-state index in [1.54, 1.807) is 0 Å². The van der Waals surface area contributed by atoms with Crippen LogP contribution in [0.15, 0.2) is 30.3 Å². The second-order valence-electron chi connectivity index (χ2n) is 5.48. The van der Waals surface area contributed by atoms with Gasteiger partial charge in [0.2, 0.25) is 0 Å². The van der Waals surface area contributed by atoms with Gasteiger partial charge in [-0.25, -0.2) is 0 Å². The lowest BCUT2D eigenvalue weighted by molar-refractivity contribution is 0.108. The molecule has 17 heavy (non-hydrogen) atoms. The fraction of sp³-hybridized carbons (Fsp3) is 0.600. The normalized spacial score (nSPS) is 33.6. The van der Waals surface area contributed by atoms with Crippen LogP contribution in [0.25, 0.3) is 0 Å². The maximum Gasteiger partial charge on any atom is 0.0543 e. The first-order valence-corrected chi connectivity index (χ1v) is 6.77. The summed E-state index contributed by atoms with van der Waals surface area (Å²) in [6, 6.07) is 11.2. The van der Waals surface area contributed by atoms with Crippen molar-refractivity contribution in [1.29, 1.82) is 0 Å². The summed E-state index contributed by atoms with van der Waals surface area (Å²) in [5.74, 6) is 0. The largest absolute Gasteiger partial charge is 0.395 e. The molecule has 2 atom stereocenters. The van der Waals surface area contributed by atoms with Crippen LogP contribution in [-0.2, 0) is 5.41 Å². The van der Waals surface area contributed by atoms with E-state index in [0.717, 1.165) is 13.0 Å². The molecular formula is C15H21NO. The highest BCUT2D eigenvalue weighted by atomic mass is 16.3. The molecule has 0 aromatic heterocycles. The molecule has 2 aliphatic rings. The molecule has 2 fully saturated rings. The van der Waals surface area contributed by atoms with E-state index < -0.39 is 0 Å². The molecule has 2 nitrogen and oxygen atoms in total. The van der Waals surface area contributed by atoms with Crippen LogP contribution in [0.3, 0.4) is 0 Å². The van der Waals surface area contributed by atoms with Crippen molar-refractivity contribution in [2.45, 2.75) is 37.1 Å². The summed E-state index contributed by atoms with van der Waals surface area (Å²) in [6.45, 7) is 2.66. The molecule has 2 heterocycles. The summed E-state index contributed by atoms with van der Waals surface area (Å²) in [5, 5.41) is 9.98. The Morgan fingerprint density at radius 3 is 2.76 bits per heavy atom. The van der Waals surface area contributed by atoms with E-state index in [1.165, 1.54) is 31.4 Å². The highest BCUT2D eigenvalue weighted by Gasteiger charge is 2.48. The Hall–Kier alpha value is -0.860. The van der Waals surface area contributed by atoms with Gasteiger partial charge in [0.1, 0.15) is 0 Å². The molecule has 2 aliphatic heterocycles. The number of fused-ring (bicyclic) bond motifs is 1. The monoisotopic (exact) mass is 231 g/mol. The van der Waals surface area contributed by atoms with Crippen molar-refractivity contribution in [3.05, 3.63) is 35.9 Å². The van der Waals surface area contributed by atoms with Gasteiger partial charge in [-0.15, -0.1) is 0 Å². The van der Waals surface area contributed by atoms with E-state index in [-0.39, 0.29) is 12.0 Å². The molecule has 0 unspecified atom stereocenters. The Balaban J connectivity index is 1.97. The third-order valence-corrected chi connectivity index (χ3v) is 4.73. The second kappa shape index (κ2) is 4.43. The molecule has 0 radical (unpaired) electrons. The zero-order valence-electron chi connectivity index (χ0n) is 10.3. The zero-order chi connectivity index (χ0) is 11.7. The van der Waals surface area contributed by atoms with Gasteiger partial charge in [-0.3, -0.25) is 4.90 Å². The molecular weight excluding hydrogens is 210 g/mol. The average molecular weight is 231 g/mol. The van der Waals surface area contributed by atoms with Gasteiger partial charge >= 0.3 is 0 Å². The van der Waals surface area contributed by atoms with Crippen LogP contribution < -0.4 is 0 Å². The number of aliphatic hydroxyl groups excluding tert-OH is 1. The first-order chi connectivity index (χ1) is 8.37. The zero-order valence-corrected chi connectivity index (χ0v) is 10.3. The highest BCUT2D eigenvalue weighted by Crippen LogP contribution is 2.43. The number of hydrogen-bond donors (Lipinski definition) is 1. The molecule has 92 valence electrons. The van der Waals surface area contributed by atoms with E-state index in [1.807, 2.05) is 0 Å². The van der Waals surface area contributed by atoms with E-state index in [9.17, 15) is 5.11 Å². The van der Waals surface area contributed by atoms with Gasteiger partial charge in [-0.05, 0) is 37.9 Å². The van der Waals surface area contributed by atoms with Crippen LogP contribution in [0.2, 0.25) is 0 Å². The summed E-state index contributed by atoms with van der Waals surface area (Å²) >= 11 is 0. The Kier molecular flexibility index (Phi) is 2.93. The molecule has 0 spiro atoms. The number of benzene rings is 1. The molecule has 1 aromatic carbocycles. The molecule has 0 amide bonds. The van der Waals surface area contributed by atoms with Gasteiger partial charge < -0.3 is 5.11 Å². The van der Waals surface area contributed by atoms with Gasteiger partial charge in [-0.1, -0.05) is 36.8 Å². The van der Waals surface area contributed by atoms with Crippen molar-refractivity contribution in [1.82, 2.24) is 4.90 Å². The molecule has 2 heteroatoms. The number of nitrogens with zero attached hydrogens (tertiary/aromatic N) is 1. The molecule has 0 aliphatic carbocycles. The van der Waals surface area contributed by atoms with Crippen molar-refractivity contribution in [2.24, 2.45) is 0 Å². The molecule has 1 aromatic rings. The Morgan fingerprint density at radius 1 is 1.18 bits per heavy atom. The van der Waals surface area contributed by atoms with Crippen molar-refractivity contribution in [3.8, 4) is 0 Å². The van der Waals surface area contributed by atoms with E-state index in [4.69, 9.17) is 0 Å². The lowest BCUT2D eigenvalue weighted by atomic mass is 9.72. The van der Waals surface area contributed by atoms with Crippen LogP contribution in [-0.4, -0.2) is 35.7 Å². The smallest absolute Gasteiger partial charge is 0.0543 e. The fourth-order valence-corrected chi connectivity index (χ4v) is 3.78. The lowest BCUT2D eigenvalue weighted by Gasteiger charge is -2.40. The predicted molar refractivity (Wildman–Crippen MR) is 69.0 cm³/mol. The molecule has 2 saturated heterocycles. The predicted octanol–water partition coefficient (Wildman–Crippen LogP) is 2.17. The van der Waals surface area contributed by atoms with Gasteiger partial charge in [0.25, 0.3) is 0 Å². The quantitative estimate of drug-likeness (QED) is 0.843. The summed E-state index contributed by atoms with van der Waals surface area (Å²) < 4.78 is 0. The number of rotatable bonds is 2. The first kappa shape index (κ1) is 11.2. The van der Waals surface area contributed by atoms with Crippen LogP contribution >= 0.6 is 0 Å².